The largest absolute Gasteiger partial charge is 0.493 e. The van der Waals surface area contributed by atoms with Crippen LogP contribution in [0.15, 0.2) is 71.6 Å². The molecule has 27 heavy (non-hydrogen) atoms. The molecule has 0 aromatic heterocycles. The number of carboxylic acid groups (broad SMARTS) is 1. The van der Waals surface area contributed by atoms with Gasteiger partial charge in [0.25, 0.3) is 0 Å². The van der Waals surface area contributed by atoms with E-state index in [0.717, 1.165) is 17.1 Å². The second-order valence-electron chi connectivity index (χ2n) is 6.74. The average Bonchev–Trinajstić information content (AvgIpc) is 2.69. The number of benzene rings is 3. The summed E-state index contributed by atoms with van der Waals surface area (Å²) in [6.07, 6.45) is 1.41. The third-order valence-electron chi connectivity index (χ3n) is 4.77. The van der Waals surface area contributed by atoms with Gasteiger partial charge in [-0.3, -0.25) is 4.79 Å². The van der Waals surface area contributed by atoms with Crippen LogP contribution in [0.25, 0.3) is 10.8 Å². The number of rotatable bonds is 8. The van der Waals surface area contributed by atoms with Gasteiger partial charge in [-0.05, 0) is 53.9 Å². The zero-order chi connectivity index (χ0) is 19.3. The summed E-state index contributed by atoms with van der Waals surface area (Å²) in [6, 6.07) is 22.5. The molecule has 1 atom stereocenters. The summed E-state index contributed by atoms with van der Waals surface area (Å²) in [6.45, 7) is 4.26. The van der Waals surface area contributed by atoms with E-state index in [1.54, 1.807) is 6.92 Å². The molecule has 3 nitrogen and oxygen atoms in total. The minimum absolute atomic E-state index is 0.566. The van der Waals surface area contributed by atoms with Crippen molar-refractivity contribution in [1.29, 1.82) is 0 Å². The van der Waals surface area contributed by atoms with Crippen molar-refractivity contribution < 1.29 is 14.6 Å². The summed E-state index contributed by atoms with van der Waals surface area (Å²) >= 11 is 1.37. The van der Waals surface area contributed by atoms with Crippen molar-refractivity contribution in [2.24, 2.45) is 0 Å². The van der Waals surface area contributed by atoms with Gasteiger partial charge in [0.15, 0.2) is 0 Å². The highest BCUT2D eigenvalue weighted by Gasteiger charge is 2.32. The van der Waals surface area contributed by atoms with Gasteiger partial charge in [-0.15, -0.1) is 11.8 Å². The fraction of sp³-hybridized carbons (Fsp3) is 0.261. The van der Waals surface area contributed by atoms with Crippen molar-refractivity contribution in [3.8, 4) is 5.75 Å². The van der Waals surface area contributed by atoms with Gasteiger partial charge < -0.3 is 9.84 Å². The lowest BCUT2D eigenvalue weighted by Gasteiger charge is -2.22. The number of aliphatic carboxylic acids is 1. The standard InChI is InChI=1S/C23H24O3S/c1-3-23(2,22(24)25)27-21-12-10-20(11-13-21)26-15-14-17-8-9-18-6-4-5-7-19(18)16-17/h4-13,16H,3,14-15H2,1-2H3,(H,24,25). The molecule has 0 aliphatic carbocycles. The Hall–Kier alpha value is -2.46. The molecule has 0 saturated carbocycles. The van der Waals surface area contributed by atoms with E-state index < -0.39 is 10.7 Å². The number of thioether (sulfide) groups is 1. The van der Waals surface area contributed by atoms with Gasteiger partial charge >= 0.3 is 5.97 Å². The van der Waals surface area contributed by atoms with E-state index in [-0.39, 0.29) is 0 Å². The second kappa shape index (κ2) is 8.49. The molecule has 4 heteroatoms. The summed E-state index contributed by atoms with van der Waals surface area (Å²) in [4.78, 5) is 12.4. The fourth-order valence-electron chi connectivity index (χ4n) is 2.81. The van der Waals surface area contributed by atoms with Gasteiger partial charge in [0, 0.05) is 11.3 Å². The molecule has 3 aromatic rings. The average molecular weight is 381 g/mol. The first-order chi connectivity index (χ1) is 13.0. The predicted molar refractivity (Wildman–Crippen MR) is 112 cm³/mol. The Kier molecular flexibility index (Phi) is 6.07. The Balaban J connectivity index is 1.56. The number of carboxylic acids is 1. The minimum Gasteiger partial charge on any atom is -0.493 e. The van der Waals surface area contributed by atoms with E-state index in [1.165, 1.54) is 28.1 Å². The predicted octanol–water partition coefficient (Wildman–Crippen LogP) is 5.81. The van der Waals surface area contributed by atoms with Gasteiger partial charge in [0.05, 0.1) is 6.61 Å². The normalized spacial score (nSPS) is 13.3. The number of fused-ring (bicyclic) bond motifs is 1. The van der Waals surface area contributed by atoms with Crippen LogP contribution >= 0.6 is 11.8 Å². The molecule has 0 saturated heterocycles. The maximum atomic E-state index is 11.4. The van der Waals surface area contributed by atoms with E-state index in [9.17, 15) is 9.90 Å². The number of ether oxygens (including phenoxy) is 1. The van der Waals surface area contributed by atoms with Crippen molar-refractivity contribution in [2.75, 3.05) is 6.61 Å². The molecule has 3 rings (SSSR count). The van der Waals surface area contributed by atoms with E-state index in [1.807, 2.05) is 37.3 Å². The minimum atomic E-state index is -0.807. The van der Waals surface area contributed by atoms with Crippen LogP contribution in [0.2, 0.25) is 0 Å². The van der Waals surface area contributed by atoms with Gasteiger partial charge in [0.2, 0.25) is 0 Å². The van der Waals surface area contributed by atoms with Crippen LogP contribution < -0.4 is 4.74 Å². The quantitative estimate of drug-likeness (QED) is 0.501. The van der Waals surface area contributed by atoms with Crippen molar-refractivity contribution in [1.82, 2.24) is 0 Å². The molecule has 140 valence electrons. The molecule has 0 fully saturated rings. The molecule has 0 bridgehead atoms. The zero-order valence-corrected chi connectivity index (χ0v) is 16.5. The molecule has 0 radical (unpaired) electrons. The maximum absolute atomic E-state index is 11.4. The Morgan fingerprint density at radius 3 is 2.41 bits per heavy atom. The van der Waals surface area contributed by atoms with E-state index in [0.29, 0.717) is 13.0 Å². The summed E-state index contributed by atoms with van der Waals surface area (Å²) in [5, 5.41) is 11.9. The summed E-state index contributed by atoms with van der Waals surface area (Å²) in [5.74, 6) is 0.0133. The van der Waals surface area contributed by atoms with Crippen molar-refractivity contribution in [3.63, 3.8) is 0 Å². The van der Waals surface area contributed by atoms with Crippen LogP contribution in [0.4, 0.5) is 0 Å². The van der Waals surface area contributed by atoms with Gasteiger partial charge in [-0.2, -0.15) is 0 Å². The van der Waals surface area contributed by atoms with Gasteiger partial charge in [-0.1, -0.05) is 49.4 Å². The second-order valence-corrected chi connectivity index (χ2v) is 8.32. The molecule has 0 amide bonds. The van der Waals surface area contributed by atoms with Crippen LogP contribution in [0, 0.1) is 0 Å². The first kappa shape index (κ1) is 19.3. The third-order valence-corrected chi connectivity index (χ3v) is 6.19. The lowest BCUT2D eigenvalue weighted by atomic mass is 10.1. The lowest BCUT2D eigenvalue weighted by molar-refractivity contribution is -0.139. The molecule has 0 aliphatic heterocycles. The highest BCUT2D eigenvalue weighted by atomic mass is 32.2. The Morgan fingerprint density at radius 1 is 1.04 bits per heavy atom. The van der Waals surface area contributed by atoms with Crippen LogP contribution in [0.3, 0.4) is 0 Å². The summed E-state index contributed by atoms with van der Waals surface area (Å²) in [7, 11) is 0. The molecular weight excluding hydrogens is 356 g/mol. The fourth-order valence-corrected chi connectivity index (χ4v) is 3.84. The molecule has 3 aromatic carbocycles. The molecule has 0 spiro atoms. The van der Waals surface area contributed by atoms with Crippen LogP contribution in [-0.4, -0.2) is 22.4 Å². The van der Waals surface area contributed by atoms with Crippen molar-refractivity contribution in [2.45, 2.75) is 36.3 Å². The molecule has 0 heterocycles. The highest BCUT2D eigenvalue weighted by molar-refractivity contribution is 8.01. The Morgan fingerprint density at radius 2 is 1.74 bits per heavy atom. The van der Waals surface area contributed by atoms with Crippen LogP contribution in [-0.2, 0) is 11.2 Å². The number of carbonyl (C=O) groups is 1. The Labute approximate surface area is 164 Å². The zero-order valence-electron chi connectivity index (χ0n) is 15.6. The maximum Gasteiger partial charge on any atom is 0.319 e. The monoisotopic (exact) mass is 380 g/mol. The smallest absolute Gasteiger partial charge is 0.319 e. The molecular formula is C23H24O3S. The first-order valence-electron chi connectivity index (χ1n) is 9.13. The number of hydrogen-bond donors (Lipinski definition) is 1. The third kappa shape index (κ3) is 4.83. The summed E-state index contributed by atoms with van der Waals surface area (Å²) in [5.41, 5.74) is 1.25. The van der Waals surface area contributed by atoms with Crippen molar-refractivity contribution in [3.05, 3.63) is 72.3 Å². The van der Waals surface area contributed by atoms with Crippen LogP contribution in [0.5, 0.6) is 5.75 Å². The molecule has 1 unspecified atom stereocenters. The van der Waals surface area contributed by atoms with E-state index in [4.69, 9.17) is 4.74 Å². The Bertz CT molecular complexity index is 920. The SMILES string of the molecule is CCC(C)(Sc1ccc(OCCc2ccc3ccccc3c2)cc1)C(=O)O. The van der Waals surface area contributed by atoms with Crippen molar-refractivity contribution >= 4 is 28.5 Å². The lowest BCUT2D eigenvalue weighted by Crippen LogP contribution is -2.30. The topological polar surface area (TPSA) is 46.5 Å². The number of hydrogen-bond acceptors (Lipinski definition) is 3. The van der Waals surface area contributed by atoms with E-state index in [2.05, 4.69) is 36.4 Å². The molecule has 1 N–H and O–H groups in total. The van der Waals surface area contributed by atoms with Gasteiger partial charge in [0.1, 0.15) is 10.5 Å². The highest BCUT2D eigenvalue weighted by Crippen LogP contribution is 2.36. The van der Waals surface area contributed by atoms with Gasteiger partial charge in [-0.25, -0.2) is 0 Å². The first-order valence-corrected chi connectivity index (χ1v) is 9.95. The molecule has 0 aliphatic rings. The van der Waals surface area contributed by atoms with E-state index >= 15 is 0 Å². The summed E-state index contributed by atoms with van der Waals surface area (Å²) < 4.78 is 5.05. The van der Waals surface area contributed by atoms with Crippen LogP contribution in [0.1, 0.15) is 25.8 Å².